The topological polar surface area (TPSA) is 128 Å². The first-order valence-corrected chi connectivity index (χ1v) is 8.80. The number of rotatable bonds is 7. The molecule has 2 aromatic carbocycles. The van der Waals surface area contributed by atoms with Crippen molar-refractivity contribution in [2.24, 2.45) is 0 Å². The van der Waals surface area contributed by atoms with Gasteiger partial charge in [-0.2, -0.15) is 0 Å². The maximum Gasteiger partial charge on any atom is 0.325 e. The number of nitrogens with one attached hydrogen (secondary N) is 2. The number of amides is 2. The Balaban J connectivity index is 1.81. The van der Waals surface area contributed by atoms with Crippen LogP contribution in [0.15, 0.2) is 46.9 Å². The summed E-state index contributed by atoms with van der Waals surface area (Å²) in [5, 5.41) is 15.7. The average molecular weight is 450 g/mol. The Morgan fingerprint density at radius 2 is 1.82 bits per heavy atom. The number of hydrogen-bond acceptors (Lipinski definition) is 6. The fourth-order valence-electron chi connectivity index (χ4n) is 2.14. The summed E-state index contributed by atoms with van der Waals surface area (Å²) in [5.74, 6) is -2.03. The molecule has 0 radical (unpaired) electrons. The van der Waals surface area contributed by atoms with Crippen LogP contribution in [-0.4, -0.2) is 35.9 Å². The fraction of sp³-hybridized carbons (Fsp3) is 0.167. The minimum absolute atomic E-state index is 0.000176. The zero-order chi connectivity index (χ0) is 20.7. The number of ether oxygens (including phenoxy) is 1. The van der Waals surface area contributed by atoms with Crippen molar-refractivity contribution in [3.63, 3.8) is 0 Å². The molecule has 2 rings (SSSR count). The standard InChI is InChI=1S/C18H16BrN3O6/c1-11-2-7-14(15(8-11)22(26)27)21-16(23)10-28-17(24)9-20-18(25)12-3-5-13(19)6-4-12/h2-8H,9-10H2,1H3,(H,20,25)(H,21,23). The normalized spacial score (nSPS) is 10.1. The third kappa shape index (κ3) is 6.16. The second-order valence-corrected chi connectivity index (χ2v) is 6.59. The smallest absolute Gasteiger partial charge is 0.325 e. The Labute approximate surface area is 168 Å². The maximum absolute atomic E-state index is 11.9. The van der Waals surface area contributed by atoms with Gasteiger partial charge >= 0.3 is 5.97 Å². The number of carbonyl (C=O) groups is 3. The summed E-state index contributed by atoms with van der Waals surface area (Å²) in [6.07, 6.45) is 0. The van der Waals surface area contributed by atoms with Crippen LogP contribution in [0.5, 0.6) is 0 Å². The van der Waals surface area contributed by atoms with Gasteiger partial charge < -0.3 is 15.4 Å². The van der Waals surface area contributed by atoms with E-state index < -0.39 is 35.9 Å². The summed E-state index contributed by atoms with van der Waals surface area (Å²) in [4.78, 5) is 45.8. The van der Waals surface area contributed by atoms with E-state index in [1.807, 2.05) is 0 Å². The first-order chi connectivity index (χ1) is 13.3. The Morgan fingerprint density at radius 1 is 1.14 bits per heavy atom. The van der Waals surface area contributed by atoms with Gasteiger partial charge in [0.25, 0.3) is 17.5 Å². The molecule has 146 valence electrons. The highest BCUT2D eigenvalue weighted by molar-refractivity contribution is 9.10. The van der Waals surface area contributed by atoms with Crippen molar-refractivity contribution >= 4 is 45.1 Å². The molecule has 10 heteroatoms. The molecule has 2 amide bonds. The SMILES string of the molecule is Cc1ccc(NC(=O)COC(=O)CNC(=O)c2ccc(Br)cc2)c([N+](=O)[O-])c1. The lowest BCUT2D eigenvalue weighted by atomic mass is 10.2. The average Bonchev–Trinajstić information content (AvgIpc) is 2.66. The molecular formula is C18H16BrN3O6. The number of nitrogens with zero attached hydrogens (tertiary/aromatic N) is 1. The van der Waals surface area contributed by atoms with Crippen molar-refractivity contribution in [3.8, 4) is 0 Å². The van der Waals surface area contributed by atoms with E-state index in [1.165, 1.54) is 12.1 Å². The van der Waals surface area contributed by atoms with E-state index in [2.05, 4.69) is 26.6 Å². The molecule has 0 aliphatic carbocycles. The summed E-state index contributed by atoms with van der Waals surface area (Å²) in [6, 6.07) is 10.8. The quantitative estimate of drug-likeness (QED) is 0.379. The van der Waals surface area contributed by atoms with Gasteiger partial charge in [0.1, 0.15) is 12.2 Å². The summed E-state index contributed by atoms with van der Waals surface area (Å²) in [7, 11) is 0. The second-order valence-electron chi connectivity index (χ2n) is 5.68. The third-order valence-corrected chi connectivity index (χ3v) is 4.02. The van der Waals surface area contributed by atoms with Gasteiger partial charge in [0.2, 0.25) is 0 Å². The molecule has 28 heavy (non-hydrogen) atoms. The van der Waals surface area contributed by atoms with E-state index in [1.54, 1.807) is 37.3 Å². The van der Waals surface area contributed by atoms with Gasteiger partial charge in [-0.05, 0) is 42.8 Å². The predicted octanol–water partition coefficient (Wildman–Crippen LogP) is 2.58. The Kier molecular flexibility index (Phi) is 7.21. The van der Waals surface area contributed by atoms with Gasteiger partial charge in [-0.1, -0.05) is 22.0 Å². The van der Waals surface area contributed by atoms with E-state index in [4.69, 9.17) is 4.74 Å². The number of nitro benzene ring substituents is 1. The highest BCUT2D eigenvalue weighted by atomic mass is 79.9. The Bertz CT molecular complexity index is 914. The highest BCUT2D eigenvalue weighted by Crippen LogP contribution is 2.25. The van der Waals surface area contributed by atoms with Gasteiger partial charge in [0.15, 0.2) is 6.61 Å². The van der Waals surface area contributed by atoms with Crippen LogP contribution < -0.4 is 10.6 Å². The lowest BCUT2D eigenvalue weighted by molar-refractivity contribution is -0.384. The van der Waals surface area contributed by atoms with Gasteiger partial charge in [0, 0.05) is 16.1 Å². The number of nitro groups is 1. The summed E-state index contributed by atoms with van der Waals surface area (Å²) < 4.78 is 5.57. The van der Waals surface area contributed by atoms with E-state index in [0.717, 1.165) is 4.47 Å². The Morgan fingerprint density at radius 3 is 2.46 bits per heavy atom. The zero-order valence-corrected chi connectivity index (χ0v) is 16.3. The maximum atomic E-state index is 11.9. The monoisotopic (exact) mass is 449 g/mol. The summed E-state index contributed by atoms with van der Waals surface area (Å²) in [5.41, 5.74) is 0.764. The minimum atomic E-state index is -0.820. The van der Waals surface area contributed by atoms with Gasteiger partial charge in [-0.25, -0.2) is 0 Å². The van der Waals surface area contributed by atoms with Crippen molar-refractivity contribution in [3.05, 3.63) is 68.2 Å². The highest BCUT2D eigenvalue weighted by Gasteiger charge is 2.17. The molecular weight excluding hydrogens is 434 g/mol. The molecule has 0 aromatic heterocycles. The van der Waals surface area contributed by atoms with Crippen LogP contribution in [0.4, 0.5) is 11.4 Å². The zero-order valence-electron chi connectivity index (χ0n) is 14.7. The van der Waals surface area contributed by atoms with E-state index >= 15 is 0 Å². The molecule has 2 aromatic rings. The molecule has 0 fully saturated rings. The van der Waals surface area contributed by atoms with Crippen molar-refractivity contribution in [1.29, 1.82) is 0 Å². The van der Waals surface area contributed by atoms with Crippen LogP contribution >= 0.6 is 15.9 Å². The van der Waals surface area contributed by atoms with Crippen LogP contribution in [0.2, 0.25) is 0 Å². The molecule has 0 unspecified atom stereocenters. The number of halogens is 1. The fourth-order valence-corrected chi connectivity index (χ4v) is 2.40. The minimum Gasteiger partial charge on any atom is -0.454 e. The second kappa shape index (κ2) is 9.60. The largest absolute Gasteiger partial charge is 0.454 e. The molecule has 0 saturated heterocycles. The van der Waals surface area contributed by atoms with Crippen molar-refractivity contribution in [2.75, 3.05) is 18.5 Å². The van der Waals surface area contributed by atoms with Crippen LogP contribution in [0.1, 0.15) is 15.9 Å². The molecule has 0 aliphatic heterocycles. The first-order valence-electron chi connectivity index (χ1n) is 8.00. The van der Waals surface area contributed by atoms with Crippen LogP contribution in [0.25, 0.3) is 0 Å². The van der Waals surface area contributed by atoms with Crippen molar-refractivity contribution < 1.29 is 24.0 Å². The number of anilines is 1. The molecule has 9 nitrogen and oxygen atoms in total. The number of benzene rings is 2. The molecule has 0 atom stereocenters. The van der Waals surface area contributed by atoms with Gasteiger partial charge in [-0.15, -0.1) is 0 Å². The van der Waals surface area contributed by atoms with Crippen molar-refractivity contribution in [1.82, 2.24) is 5.32 Å². The number of hydrogen-bond donors (Lipinski definition) is 2. The number of carbonyl (C=O) groups excluding carboxylic acids is 3. The van der Waals surface area contributed by atoms with E-state index in [9.17, 15) is 24.5 Å². The molecule has 0 aliphatic rings. The van der Waals surface area contributed by atoms with Gasteiger partial charge in [0.05, 0.1) is 4.92 Å². The molecule has 0 heterocycles. The van der Waals surface area contributed by atoms with Crippen LogP contribution in [-0.2, 0) is 14.3 Å². The van der Waals surface area contributed by atoms with Crippen LogP contribution in [0, 0.1) is 17.0 Å². The van der Waals surface area contributed by atoms with Gasteiger partial charge in [-0.3, -0.25) is 24.5 Å². The molecule has 2 N–H and O–H groups in total. The van der Waals surface area contributed by atoms with E-state index in [0.29, 0.717) is 11.1 Å². The molecule has 0 bridgehead atoms. The number of esters is 1. The van der Waals surface area contributed by atoms with Crippen molar-refractivity contribution in [2.45, 2.75) is 6.92 Å². The Hall–Kier alpha value is -3.27. The lowest BCUT2D eigenvalue weighted by Crippen LogP contribution is -2.32. The third-order valence-electron chi connectivity index (χ3n) is 3.49. The summed E-state index contributed by atoms with van der Waals surface area (Å²) in [6.45, 7) is 0.619. The lowest BCUT2D eigenvalue weighted by Gasteiger charge is -2.08. The molecule has 0 saturated carbocycles. The number of aryl methyl sites for hydroxylation is 1. The first kappa shape index (κ1) is 21.0. The molecule has 0 spiro atoms. The predicted molar refractivity (Wildman–Crippen MR) is 104 cm³/mol. The van der Waals surface area contributed by atoms with Crippen LogP contribution in [0.3, 0.4) is 0 Å². The van der Waals surface area contributed by atoms with E-state index in [-0.39, 0.29) is 11.4 Å². The summed E-state index contributed by atoms with van der Waals surface area (Å²) >= 11 is 3.25.